The van der Waals surface area contributed by atoms with Crippen molar-refractivity contribution in [2.75, 3.05) is 13.1 Å². The van der Waals surface area contributed by atoms with Gasteiger partial charge in [0.1, 0.15) is 0 Å². The number of hydrogen-bond acceptors (Lipinski definition) is 4. The number of ether oxygens (including phenoxy) is 1. The molecular weight excluding hydrogens is 416 g/mol. The van der Waals surface area contributed by atoms with Crippen LogP contribution in [-0.2, 0) is 29.0 Å². The molecule has 0 radical (unpaired) electrons. The Kier molecular flexibility index (Phi) is 8.30. The largest absolute Gasteiger partial charge is 0.372 e. The highest BCUT2D eigenvalue weighted by atomic mass is 16.5. The lowest BCUT2D eigenvalue weighted by atomic mass is 10.1. The number of nitrogens with one attached hydrogen (secondary N) is 1. The Morgan fingerprint density at radius 2 is 1.76 bits per heavy atom. The van der Waals surface area contributed by atoms with Gasteiger partial charge in [-0.05, 0) is 63.3 Å². The summed E-state index contributed by atoms with van der Waals surface area (Å²) in [5.41, 5.74) is 4.96. The zero-order valence-electron chi connectivity index (χ0n) is 20.9. The smallest absolute Gasteiger partial charge is 0.254 e. The number of aromatic nitrogens is 2. The molecule has 0 spiro atoms. The van der Waals surface area contributed by atoms with Crippen LogP contribution in [0.15, 0.2) is 24.3 Å². The number of aryl methyl sites for hydroxylation is 1. The van der Waals surface area contributed by atoms with Crippen molar-refractivity contribution in [3.63, 3.8) is 0 Å². The maximum atomic E-state index is 12.8. The Morgan fingerprint density at radius 1 is 1.12 bits per heavy atom. The lowest BCUT2D eigenvalue weighted by molar-refractivity contribution is -0.121. The molecule has 2 amide bonds. The maximum absolute atomic E-state index is 12.8. The van der Waals surface area contributed by atoms with Gasteiger partial charge in [0, 0.05) is 43.9 Å². The maximum Gasteiger partial charge on any atom is 0.254 e. The van der Waals surface area contributed by atoms with E-state index in [1.54, 1.807) is 0 Å². The van der Waals surface area contributed by atoms with Crippen LogP contribution in [0.25, 0.3) is 0 Å². The standard InChI is InChI=1S/C26H38N4O3/c1-17(2)14-30-21(6)24(20(5)28-30)11-12-25(31)27-13-22-7-9-23(10-8-22)26(32)29-15-18(3)33-19(4)16-29/h7-10,17-19H,11-16H2,1-6H3,(H,27,31). The van der Waals surface area contributed by atoms with Crippen molar-refractivity contribution < 1.29 is 14.3 Å². The minimum absolute atomic E-state index is 0.0156. The quantitative estimate of drug-likeness (QED) is 0.661. The van der Waals surface area contributed by atoms with E-state index in [-0.39, 0.29) is 24.0 Å². The number of carbonyl (C=O) groups excluding carboxylic acids is 2. The molecule has 1 aromatic carbocycles. The fourth-order valence-electron chi connectivity index (χ4n) is 4.44. The molecule has 2 aromatic rings. The Labute approximate surface area is 197 Å². The molecule has 2 heterocycles. The highest BCUT2D eigenvalue weighted by Gasteiger charge is 2.26. The second-order valence-electron chi connectivity index (χ2n) is 9.67. The minimum Gasteiger partial charge on any atom is -0.372 e. The first-order valence-corrected chi connectivity index (χ1v) is 12.0. The van der Waals surface area contributed by atoms with Crippen molar-refractivity contribution in [3.05, 3.63) is 52.3 Å². The minimum atomic E-state index is 0.0156. The van der Waals surface area contributed by atoms with Gasteiger partial charge in [0.25, 0.3) is 5.91 Å². The second-order valence-corrected chi connectivity index (χ2v) is 9.67. The van der Waals surface area contributed by atoms with E-state index in [0.717, 1.165) is 23.5 Å². The number of hydrogen-bond donors (Lipinski definition) is 1. The van der Waals surface area contributed by atoms with E-state index in [1.807, 2.05) is 54.6 Å². The van der Waals surface area contributed by atoms with Crippen LogP contribution in [0, 0.1) is 19.8 Å². The predicted molar refractivity (Wildman–Crippen MR) is 129 cm³/mol. The van der Waals surface area contributed by atoms with Crippen LogP contribution in [0.3, 0.4) is 0 Å². The van der Waals surface area contributed by atoms with Gasteiger partial charge in [-0.2, -0.15) is 5.10 Å². The van der Waals surface area contributed by atoms with Gasteiger partial charge in [0.2, 0.25) is 5.91 Å². The van der Waals surface area contributed by atoms with Gasteiger partial charge in [0.15, 0.2) is 0 Å². The topological polar surface area (TPSA) is 76.5 Å². The fourth-order valence-corrected chi connectivity index (χ4v) is 4.44. The Balaban J connectivity index is 1.49. The Bertz CT molecular complexity index is 955. The molecule has 7 nitrogen and oxygen atoms in total. The molecule has 3 rings (SSSR count). The summed E-state index contributed by atoms with van der Waals surface area (Å²) >= 11 is 0. The van der Waals surface area contributed by atoms with Crippen LogP contribution in [-0.4, -0.2) is 51.8 Å². The van der Waals surface area contributed by atoms with E-state index in [0.29, 0.717) is 44.0 Å². The molecule has 1 N–H and O–H groups in total. The highest BCUT2D eigenvalue weighted by molar-refractivity contribution is 5.94. The summed E-state index contributed by atoms with van der Waals surface area (Å²) in [6.07, 6.45) is 1.21. The Hall–Kier alpha value is -2.67. The van der Waals surface area contributed by atoms with Gasteiger partial charge in [-0.3, -0.25) is 14.3 Å². The van der Waals surface area contributed by atoms with E-state index in [1.165, 1.54) is 5.56 Å². The second kappa shape index (κ2) is 11.0. The summed E-state index contributed by atoms with van der Waals surface area (Å²) in [4.78, 5) is 27.1. The average molecular weight is 455 g/mol. The molecule has 1 fully saturated rings. The molecular formula is C26H38N4O3. The normalized spacial score (nSPS) is 18.6. The summed E-state index contributed by atoms with van der Waals surface area (Å²) in [7, 11) is 0. The summed E-state index contributed by atoms with van der Waals surface area (Å²) in [6.45, 7) is 15.0. The molecule has 2 unspecified atom stereocenters. The molecule has 0 aliphatic carbocycles. The predicted octanol–water partition coefficient (Wildman–Crippen LogP) is 3.65. The van der Waals surface area contributed by atoms with Crippen molar-refractivity contribution in [2.45, 2.75) is 79.7 Å². The van der Waals surface area contributed by atoms with E-state index < -0.39 is 0 Å². The summed E-state index contributed by atoms with van der Waals surface area (Å²) in [5, 5.41) is 7.63. The lowest BCUT2D eigenvalue weighted by Crippen LogP contribution is -2.48. The monoisotopic (exact) mass is 454 g/mol. The zero-order valence-corrected chi connectivity index (χ0v) is 20.9. The zero-order chi connectivity index (χ0) is 24.1. The average Bonchev–Trinajstić information content (AvgIpc) is 3.01. The van der Waals surface area contributed by atoms with Gasteiger partial charge in [-0.25, -0.2) is 0 Å². The molecule has 2 atom stereocenters. The fraction of sp³-hybridized carbons (Fsp3) is 0.577. The van der Waals surface area contributed by atoms with E-state index in [4.69, 9.17) is 4.74 Å². The van der Waals surface area contributed by atoms with Crippen molar-refractivity contribution in [1.82, 2.24) is 20.0 Å². The number of rotatable bonds is 8. The molecule has 0 bridgehead atoms. The van der Waals surface area contributed by atoms with E-state index >= 15 is 0 Å². The van der Waals surface area contributed by atoms with Crippen molar-refractivity contribution >= 4 is 11.8 Å². The van der Waals surface area contributed by atoms with Crippen molar-refractivity contribution in [3.8, 4) is 0 Å². The van der Waals surface area contributed by atoms with E-state index in [9.17, 15) is 9.59 Å². The van der Waals surface area contributed by atoms with Crippen molar-refractivity contribution in [2.24, 2.45) is 5.92 Å². The first-order valence-electron chi connectivity index (χ1n) is 12.0. The molecule has 1 saturated heterocycles. The first-order chi connectivity index (χ1) is 15.6. The lowest BCUT2D eigenvalue weighted by Gasteiger charge is -2.35. The summed E-state index contributed by atoms with van der Waals surface area (Å²) in [5.74, 6) is 0.569. The summed E-state index contributed by atoms with van der Waals surface area (Å²) < 4.78 is 7.76. The van der Waals surface area contributed by atoms with Crippen LogP contribution < -0.4 is 5.32 Å². The number of nitrogens with zero attached hydrogens (tertiary/aromatic N) is 3. The van der Waals surface area contributed by atoms with Crippen molar-refractivity contribution in [1.29, 1.82) is 0 Å². The van der Waals surface area contributed by atoms with Gasteiger partial charge in [-0.1, -0.05) is 26.0 Å². The van der Waals surface area contributed by atoms with E-state index in [2.05, 4.69) is 31.2 Å². The number of benzene rings is 1. The van der Waals surface area contributed by atoms with Crippen LogP contribution in [0.2, 0.25) is 0 Å². The van der Waals surface area contributed by atoms with Crippen LogP contribution in [0.1, 0.15) is 67.0 Å². The molecule has 180 valence electrons. The molecule has 7 heteroatoms. The van der Waals surface area contributed by atoms with Gasteiger partial charge >= 0.3 is 0 Å². The Morgan fingerprint density at radius 3 is 2.36 bits per heavy atom. The van der Waals surface area contributed by atoms with Crippen LogP contribution in [0.4, 0.5) is 0 Å². The first kappa shape index (κ1) is 25.0. The van der Waals surface area contributed by atoms with Crippen LogP contribution >= 0.6 is 0 Å². The molecule has 0 saturated carbocycles. The SMILES string of the molecule is Cc1nn(CC(C)C)c(C)c1CCC(=O)NCc1ccc(C(=O)N2CC(C)OC(C)C2)cc1. The number of carbonyl (C=O) groups is 2. The number of amides is 2. The van der Waals surface area contributed by atoms with Gasteiger partial charge in [-0.15, -0.1) is 0 Å². The highest BCUT2D eigenvalue weighted by Crippen LogP contribution is 2.17. The van der Waals surface area contributed by atoms with Gasteiger partial charge in [0.05, 0.1) is 17.9 Å². The molecule has 1 aliphatic rings. The summed E-state index contributed by atoms with van der Waals surface area (Å²) in [6, 6.07) is 7.49. The number of morpholine rings is 1. The molecule has 1 aliphatic heterocycles. The van der Waals surface area contributed by atoms with Gasteiger partial charge < -0.3 is 15.0 Å². The third kappa shape index (κ3) is 6.67. The third-order valence-corrected chi connectivity index (χ3v) is 6.07. The third-order valence-electron chi connectivity index (χ3n) is 6.07. The van der Waals surface area contributed by atoms with Crippen LogP contribution in [0.5, 0.6) is 0 Å². The molecule has 33 heavy (non-hydrogen) atoms. The molecule has 1 aromatic heterocycles.